The maximum atomic E-state index is 13.9. The van der Waals surface area contributed by atoms with Gasteiger partial charge in [-0.05, 0) is 43.4 Å². The predicted molar refractivity (Wildman–Crippen MR) is 85.5 cm³/mol. The summed E-state index contributed by atoms with van der Waals surface area (Å²) in [6.45, 7) is 1.41. The molecule has 1 amide bonds. The molecule has 2 atom stereocenters. The van der Waals surface area contributed by atoms with Gasteiger partial charge < -0.3 is 14.7 Å². The fraction of sp³-hybridized carbons (Fsp3) is 0.529. The Hall–Kier alpha value is -1.66. The fourth-order valence-electron chi connectivity index (χ4n) is 3.60. The van der Waals surface area contributed by atoms with Gasteiger partial charge >= 0.3 is 5.97 Å². The first-order valence-electron chi connectivity index (χ1n) is 8.06. The highest BCUT2D eigenvalue weighted by atomic mass is 35.5. The van der Waals surface area contributed by atoms with Gasteiger partial charge in [0, 0.05) is 24.7 Å². The van der Waals surface area contributed by atoms with Crippen molar-refractivity contribution in [2.75, 3.05) is 19.7 Å². The quantitative estimate of drug-likeness (QED) is 0.905. The SMILES string of the molecule is O=C(O)C1CCO[C@H]1C1CCN(C(=O)c2ccc(Cl)cc2F)CC1. The Labute approximate surface area is 144 Å². The first-order valence-corrected chi connectivity index (χ1v) is 8.44. The number of ether oxygens (including phenoxy) is 1. The van der Waals surface area contributed by atoms with Crippen molar-refractivity contribution in [2.24, 2.45) is 11.8 Å². The topological polar surface area (TPSA) is 66.8 Å². The molecule has 2 heterocycles. The molecule has 0 saturated carbocycles. The molecule has 1 aromatic carbocycles. The number of hydrogen-bond donors (Lipinski definition) is 1. The van der Waals surface area contributed by atoms with Crippen LogP contribution < -0.4 is 0 Å². The number of likely N-dealkylation sites (tertiary alicyclic amines) is 1. The summed E-state index contributed by atoms with van der Waals surface area (Å²) in [7, 11) is 0. The van der Waals surface area contributed by atoms with Gasteiger partial charge in [-0.3, -0.25) is 9.59 Å². The minimum atomic E-state index is -0.820. The number of carbonyl (C=O) groups excluding carboxylic acids is 1. The van der Waals surface area contributed by atoms with Gasteiger partial charge in [0.1, 0.15) is 5.82 Å². The standard InChI is InChI=1S/C17H19ClFNO4/c18-11-1-2-12(14(19)9-11)16(21)20-6-3-10(4-7-20)15-13(17(22)23)5-8-24-15/h1-2,9-10,13,15H,3-8H2,(H,22,23)/t13?,15-/m0/s1. The van der Waals surface area contributed by atoms with Gasteiger partial charge in [0.15, 0.2) is 0 Å². The molecular weight excluding hydrogens is 337 g/mol. The fourth-order valence-corrected chi connectivity index (χ4v) is 3.76. The Kier molecular flexibility index (Phi) is 5.06. The Morgan fingerprint density at radius 1 is 1.25 bits per heavy atom. The zero-order chi connectivity index (χ0) is 17.3. The van der Waals surface area contributed by atoms with Gasteiger partial charge in [-0.2, -0.15) is 0 Å². The third-order valence-corrected chi connectivity index (χ3v) is 5.14. The minimum Gasteiger partial charge on any atom is -0.481 e. The molecule has 5 nitrogen and oxygen atoms in total. The monoisotopic (exact) mass is 355 g/mol. The third-order valence-electron chi connectivity index (χ3n) is 4.91. The van der Waals surface area contributed by atoms with E-state index in [1.54, 1.807) is 4.90 Å². The van der Waals surface area contributed by atoms with E-state index in [2.05, 4.69) is 0 Å². The average molecular weight is 356 g/mol. The van der Waals surface area contributed by atoms with Gasteiger partial charge in [-0.1, -0.05) is 11.6 Å². The van der Waals surface area contributed by atoms with Crippen LogP contribution in [0.5, 0.6) is 0 Å². The van der Waals surface area contributed by atoms with Crippen molar-refractivity contribution in [2.45, 2.75) is 25.4 Å². The average Bonchev–Trinajstić information content (AvgIpc) is 3.04. The molecule has 0 spiro atoms. The Morgan fingerprint density at radius 3 is 2.58 bits per heavy atom. The van der Waals surface area contributed by atoms with Crippen LogP contribution >= 0.6 is 11.6 Å². The van der Waals surface area contributed by atoms with Crippen LogP contribution in [-0.4, -0.2) is 47.7 Å². The number of aliphatic carboxylic acids is 1. The molecule has 1 aromatic rings. The van der Waals surface area contributed by atoms with E-state index in [1.807, 2.05) is 0 Å². The normalized spacial score (nSPS) is 25.0. The van der Waals surface area contributed by atoms with E-state index in [-0.39, 0.29) is 28.5 Å². The molecule has 0 radical (unpaired) electrons. The molecule has 1 N–H and O–H groups in total. The molecular formula is C17H19ClFNO4. The predicted octanol–water partition coefficient (Wildman–Crippen LogP) is 2.82. The van der Waals surface area contributed by atoms with E-state index in [0.717, 1.165) is 6.07 Å². The van der Waals surface area contributed by atoms with Crippen molar-refractivity contribution in [1.82, 2.24) is 4.90 Å². The first-order chi connectivity index (χ1) is 11.5. The lowest BCUT2D eigenvalue weighted by atomic mass is 9.84. The molecule has 0 bridgehead atoms. The largest absolute Gasteiger partial charge is 0.481 e. The van der Waals surface area contributed by atoms with Gasteiger partial charge in [-0.25, -0.2) is 4.39 Å². The lowest BCUT2D eigenvalue weighted by molar-refractivity contribution is -0.145. The molecule has 0 aromatic heterocycles. The lowest BCUT2D eigenvalue weighted by Gasteiger charge is -2.35. The highest BCUT2D eigenvalue weighted by Crippen LogP contribution is 2.33. The highest BCUT2D eigenvalue weighted by Gasteiger charge is 2.40. The van der Waals surface area contributed by atoms with Crippen LogP contribution in [0.25, 0.3) is 0 Å². The molecule has 1 unspecified atom stereocenters. The number of carboxylic acid groups (broad SMARTS) is 1. The summed E-state index contributed by atoms with van der Waals surface area (Å²) < 4.78 is 19.5. The number of rotatable bonds is 3. The van der Waals surface area contributed by atoms with Gasteiger partial charge in [0.2, 0.25) is 0 Å². The zero-order valence-corrected chi connectivity index (χ0v) is 13.8. The summed E-state index contributed by atoms with van der Waals surface area (Å²) >= 11 is 5.71. The van der Waals surface area contributed by atoms with E-state index in [1.165, 1.54) is 12.1 Å². The Bertz CT molecular complexity index is 645. The molecule has 0 aliphatic carbocycles. The van der Waals surface area contributed by atoms with Crippen molar-refractivity contribution >= 4 is 23.5 Å². The van der Waals surface area contributed by atoms with E-state index in [0.29, 0.717) is 39.0 Å². The number of nitrogens with zero attached hydrogens (tertiary/aromatic N) is 1. The van der Waals surface area contributed by atoms with Crippen LogP contribution in [0.3, 0.4) is 0 Å². The molecule has 24 heavy (non-hydrogen) atoms. The smallest absolute Gasteiger partial charge is 0.309 e. The molecule has 2 aliphatic heterocycles. The van der Waals surface area contributed by atoms with Crippen molar-refractivity contribution in [3.05, 3.63) is 34.6 Å². The van der Waals surface area contributed by atoms with Crippen molar-refractivity contribution in [1.29, 1.82) is 0 Å². The molecule has 3 rings (SSSR count). The van der Waals surface area contributed by atoms with Crippen molar-refractivity contribution < 1.29 is 23.8 Å². The van der Waals surface area contributed by atoms with E-state index in [4.69, 9.17) is 16.3 Å². The van der Waals surface area contributed by atoms with E-state index in [9.17, 15) is 19.1 Å². The maximum absolute atomic E-state index is 13.9. The third kappa shape index (κ3) is 3.39. The van der Waals surface area contributed by atoms with Crippen LogP contribution in [0.2, 0.25) is 5.02 Å². The molecule has 2 fully saturated rings. The van der Waals surface area contributed by atoms with Crippen LogP contribution in [0.4, 0.5) is 4.39 Å². The van der Waals surface area contributed by atoms with Crippen molar-refractivity contribution in [3.8, 4) is 0 Å². The molecule has 2 aliphatic rings. The summed E-state index contributed by atoms with van der Waals surface area (Å²) in [5, 5.41) is 9.51. The van der Waals surface area contributed by atoms with Crippen LogP contribution in [0.1, 0.15) is 29.6 Å². The molecule has 2 saturated heterocycles. The van der Waals surface area contributed by atoms with Gasteiger partial charge in [-0.15, -0.1) is 0 Å². The number of carbonyl (C=O) groups is 2. The maximum Gasteiger partial charge on any atom is 0.309 e. The summed E-state index contributed by atoms with van der Waals surface area (Å²) in [4.78, 5) is 25.3. The lowest BCUT2D eigenvalue weighted by Crippen LogP contribution is -2.43. The van der Waals surface area contributed by atoms with Crippen molar-refractivity contribution in [3.63, 3.8) is 0 Å². The number of benzene rings is 1. The number of amides is 1. The van der Waals surface area contributed by atoms with Crippen LogP contribution in [0, 0.1) is 17.7 Å². The number of piperidine rings is 1. The summed E-state index contributed by atoms with van der Waals surface area (Å²) in [5.41, 5.74) is 0.0124. The number of carboxylic acids is 1. The summed E-state index contributed by atoms with van der Waals surface area (Å²) in [6.07, 6.45) is 1.58. The second kappa shape index (κ2) is 7.07. The highest BCUT2D eigenvalue weighted by molar-refractivity contribution is 6.30. The minimum absolute atomic E-state index is 0.0124. The Morgan fingerprint density at radius 2 is 1.96 bits per heavy atom. The Balaban J connectivity index is 1.62. The van der Waals surface area contributed by atoms with E-state index < -0.39 is 17.7 Å². The zero-order valence-electron chi connectivity index (χ0n) is 13.1. The van der Waals surface area contributed by atoms with Gasteiger partial charge in [0.25, 0.3) is 5.91 Å². The second-order valence-electron chi connectivity index (χ2n) is 6.32. The molecule has 7 heteroatoms. The number of halogens is 2. The summed E-state index contributed by atoms with van der Waals surface area (Å²) in [6, 6.07) is 4.02. The van der Waals surface area contributed by atoms with E-state index >= 15 is 0 Å². The first kappa shape index (κ1) is 17.2. The number of hydrogen-bond acceptors (Lipinski definition) is 3. The van der Waals surface area contributed by atoms with Gasteiger partial charge in [0.05, 0.1) is 17.6 Å². The van der Waals surface area contributed by atoms with Crippen LogP contribution in [0.15, 0.2) is 18.2 Å². The van der Waals surface area contributed by atoms with Crippen LogP contribution in [-0.2, 0) is 9.53 Å². The molecule has 130 valence electrons. The second-order valence-corrected chi connectivity index (χ2v) is 6.76. The summed E-state index contributed by atoms with van der Waals surface area (Å²) in [5.74, 6) is -2.15.